The standard InChI is InChI=1S/C22H32Si/c1-3-4-5-6-7-8-15-20-23(2,21-16-11-9-12-17-21)22-18-13-10-14-19-22/h9-14,16-19H,3-8,15,20H2,1-2H3. The van der Waals surface area contributed by atoms with Gasteiger partial charge in [0.25, 0.3) is 0 Å². The fourth-order valence-corrected chi connectivity index (χ4v) is 7.23. The zero-order valence-electron chi connectivity index (χ0n) is 14.9. The molecule has 0 aliphatic carbocycles. The molecule has 0 N–H and O–H groups in total. The molecule has 1 heteroatoms. The molecule has 0 nitrogen and oxygen atoms in total. The SMILES string of the molecule is CCCCCCCCC[Si](C)(c1ccccc1)c1ccccc1. The number of unbranched alkanes of at least 4 members (excludes halogenated alkanes) is 6. The molecule has 0 bridgehead atoms. The lowest BCUT2D eigenvalue weighted by atomic mass is 10.1. The lowest BCUT2D eigenvalue weighted by molar-refractivity contribution is 0.601. The first-order valence-electron chi connectivity index (χ1n) is 9.38. The summed E-state index contributed by atoms with van der Waals surface area (Å²) in [5.41, 5.74) is 0. The summed E-state index contributed by atoms with van der Waals surface area (Å²) < 4.78 is 0. The largest absolute Gasteiger partial charge is 0.115 e. The zero-order valence-corrected chi connectivity index (χ0v) is 15.9. The molecule has 0 atom stereocenters. The van der Waals surface area contributed by atoms with E-state index in [2.05, 4.69) is 74.1 Å². The van der Waals surface area contributed by atoms with Crippen LogP contribution in [0.15, 0.2) is 60.7 Å². The summed E-state index contributed by atoms with van der Waals surface area (Å²) in [6, 6.07) is 23.8. The Hall–Kier alpha value is -1.34. The van der Waals surface area contributed by atoms with Crippen LogP contribution in [0.25, 0.3) is 0 Å². The average Bonchev–Trinajstić information content (AvgIpc) is 2.62. The van der Waals surface area contributed by atoms with Crippen LogP contribution in [0.4, 0.5) is 0 Å². The molecule has 2 aromatic rings. The van der Waals surface area contributed by atoms with Crippen molar-refractivity contribution in [1.29, 1.82) is 0 Å². The van der Waals surface area contributed by atoms with Gasteiger partial charge in [-0.1, -0.05) is 129 Å². The molecule has 0 spiro atoms. The Morgan fingerprint density at radius 1 is 0.609 bits per heavy atom. The lowest BCUT2D eigenvalue weighted by Gasteiger charge is -2.29. The summed E-state index contributed by atoms with van der Waals surface area (Å²) in [6.45, 7) is 4.84. The number of rotatable bonds is 10. The summed E-state index contributed by atoms with van der Waals surface area (Å²) in [6.07, 6.45) is 9.76. The van der Waals surface area contributed by atoms with E-state index in [1.807, 2.05) is 0 Å². The van der Waals surface area contributed by atoms with Crippen molar-refractivity contribution in [2.45, 2.75) is 64.5 Å². The molecule has 23 heavy (non-hydrogen) atoms. The summed E-state index contributed by atoms with van der Waals surface area (Å²) >= 11 is 0. The molecule has 0 saturated heterocycles. The van der Waals surface area contributed by atoms with E-state index in [4.69, 9.17) is 0 Å². The van der Waals surface area contributed by atoms with E-state index in [0.29, 0.717) is 0 Å². The third-order valence-electron chi connectivity index (χ3n) is 5.10. The molecule has 0 fully saturated rings. The van der Waals surface area contributed by atoms with Gasteiger partial charge in [-0.15, -0.1) is 0 Å². The fourth-order valence-electron chi connectivity index (χ4n) is 3.50. The van der Waals surface area contributed by atoms with E-state index < -0.39 is 8.07 Å². The molecule has 124 valence electrons. The summed E-state index contributed by atoms with van der Waals surface area (Å²) in [7, 11) is -1.58. The molecule has 2 aromatic carbocycles. The maximum atomic E-state index is 2.55. The Bertz CT molecular complexity index is 493. The first-order valence-corrected chi connectivity index (χ1v) is 12.1. The van der Waals surface area contributed by atoms with Crippen LogP contribution in [0.3, 0.4) is 0 Å². The highest BCUT2D eigenvalue weighted by atomic mass is 28.3. The Morgan fingerprint density at radius 2 is 1.04 bits per heavy atom. The van der Waals surface area contributed by atoms with Gasteiger partial charge >= 0.3 is 0 Å². The van der Waals surface area contributed by atoms with Crippen molar-refractivity contribution >= 4 is 18.4 Å². The van der Waals surface area contributed by atoms with Crippen LogP contribution in [0.5, 0.6) is 0 Å². The monoisotopic (exact) mass is 324 g/mol. The Kier molecular flexibility index (Phi) is 7.61. The highest BCUT2D eigenvalue weighted by molar-refractivity contribution is 7.01. The molecule has 0 aliphatic rings. The second kappa shape index (κ2) is 9.72. The molecule has 0 heterocycles. The van der Waals surface area contributed by atoms with Gasteiger partial charge in [-0.2, -0.15) is 0 Å². The first kappa shape index (κ1) is 18.0. The van der Waals surface area contributed by atoms with Crippen LogP contribution in [0, 0.1) is 0 Å². The Morgan fingerprint density at radius 3 is 1.52 bits per heavy atom. The predicted molar refractivity (Wildman–Crippen MR) is 107 cm³/mol. The van der Waals surface area contributed by atoms with E-state index in [9.17, 15) is 0 Å². The van der Waals surface area contributed by atoms with Crippen molar-refractivity contribution in [2.75, 3.05) is 0 Å². The minimum atomic E-state index is -1.58. The zero-order chi connectivity index (χ0) is 16.4. The van der Waals surface area contributed by atoms with E-state index in [1.165, 1.54) is 51.0 Å². The minimum absolute atomic E-state index is 1.34. The molecule has 0 saturated carbocycles. The maximum Gasteiger partial charge on any atom is 0.115 e. The average molecular weight is 325 g/mol. The molecule has 0 amide bonds. The third-order valence-corrected chi connectivity index (χ3v) is 9.67. The normalized spacial score (nSPS) is 11.6. The molecule has 0 unspecified atom stereocenters. The van der Waals surface area contributed by atoms with Crippen LogP contribution in [0.1, 0.15) is 51.9 Å². The summed E-state index contributed by atoms with van der Waals surface area (Å²) in [4.78, 5) is 0. The van der Waals surface area contributed by atoms with Gasteiger partial charge in [-0.25, -0.2) is 0 Å². The van der Waals surface area contributed by atoms with Gasteiger partial charge in [0.1, 0.15) is 8.07 Å². The van der Waals surface area contributed by atoms with E-state index >= 15 is 0 Å². The van der Waals surface area contributed by atoms with Crippen LogP contribution in [-0.4, -0.2) is 8.07 Å². The van der Waals surface area contributed by atoms with E-state index in [0.717, 1.165) is 0 Å². The molecular weight excluding hydrogens is 292 g/mol. The Balaban J connectivity index is 1.98. The van der Waals surface area contributed by atoms with E-state index in [-0.39, 0.29) is 0 Å². The van der Waals surface area contributed by atoms with Crippen molar-refractivity contribution in [3.8, 4) is 0 Å². The Labute approximate surface area is 144 Å². The van der Waals surface area contributed by atoms with Gasteiger partial charge in [0.05, 0.1) is 0 Å². The fraction of sp³-hybridized carbons (Fsp3) is 0.455. The van der Waals surface area contributed by atoms with Crippen molar-refractivity contribution in [3.63, 3.8) is 0 Å². The number of hydrogen-bond donors (Lipinski definition) is 0. The molecule has 2 rings (SSSR count). The highest BCUT2D eigenvalue weighted by Gasteiger charge is 2.30. The maximum absolute atomic E-state index is 2.55. The molecule has 0 radical (unpaired) electrons. The van der Waals surface area contributed by atoms with Crippen molar-refractivity contribution < 1.29 is 0 Å². The van der Waals surface area contributed by atoms with Gasteiger partial charge in [0, 0.05) is 0 Å². The topological polar surface area (TPSA) is 0 Å². The van der Waals surface area contributed by atoms with Gasteiger partial charge < -0.3 is 0 Å². The minimum Gasteiger partial charge on any atom is -0.0654 e. The third kappa shape index (κ3) is 5.35. The molecule has 0 aromatic heterocycles. The summed E-state index contributed by atoms with van der Waals surface area (Å²) in [5.74, 6) is 0. The van der Waals surface area contributed by atoms with Crippen molar-refractivity contribution in [2.24, 2.45) is 0 Å². The number of benzene rings is 2. The van der Waals surface area contributed by atoms with Crippen molar-refractivity contribution in [1.82, 2.24) is 0 Å². The van der Waals surface area contributed by atoms with Gasteiger partial charge in [-0.05, 0) is 6.04 Å². The summed E-state index contributed by atoms with van der Waals surface area (Å²) in [5, 5.41) is 3.16. The van der Waals surface area contributed by atoms with Gasteiger partial charge in [0.15, 0.2) is 0 Å². The van der Waals surface area contributed by atoms with Crippen LogP contribution >= 0.6 is 0 Å². The highest BCUT2D eigenvalue weighted by Crippen LogP contribution is 2.17. The second-order valence-electron chi connectivity index (χ2n) is 6.94. The number of hydrogen-bond acceptors (Lipinski definition) is 0. The second-order valence-corrected chi connectivity index (χ2v) is 11.3. The lowest BCUT2D eigenvalue weighted by Crippen LogP contribution is -2.55. The van der Waals surface area contributed by atoms with E-state index in [1.54, 1.807) is 10.4 Å². The van der Waals surface area contributed by atoms with Gasteiger partial charge in [-0.3, -0.25) is 0 Å². The smallest absolute Gasteiger partial charge is 0.0654 e. The molecular formula is C22H32Si. The quantitative estimate of drug-likeness (QED) is 0.392. The first-order chi connectivity index (χ1) is 11.3. The predicted octanol–water partition coefficient (Wildman–Crippen LogP) is 5.63. The van der Waals surface area contributed by atoms with Crippen LogP contribution < -0.4 is 10.4 Å². The van der Waals surface area contributed by atoms with Crippen LogP contribution in [0.2, 0.25) is 12.6 Å². The molecule has 0 aliphatic heterocycles. The van der Waals surface area contributed by atoms with Crippen LogP contribution in [-0.2, 0) is 0 Å². The van der Waals surface area contributed by atoms with Gasteiger partial charge in [0.2, 0.25) is 0 Å². The van der Waals surface area contributed by atoms with Crippen molar-refractivity contribution in [3.05, 3.63) is 60.7 Å².